The molecule has 0 saturated heterocycles. The van der Waals surface area contributed by atoms with Crippen molar-refractivity contribution in [3.05, 3.63) is 89.5 Å². The molecule has 1 aliphatic carbocycles. The Morgan fingerprint density at radius 2 is 1.46 bits per heavy atom. The maximum atomic E-state index is 13.1. The van der Waals surface area contributed by atoms with E-state index < -0.39 is 29.8 Å². The van der Waals surface area contributed by atoms with E-state index in [9.17, 15) is 14.4 Å². The molecular formula is C31H34N2O6. The monoisotopic (exact) mass is 530 g/mol. The molecule has 0 aliphatic heterocycles. The normalized spacial score (nSPS) is 13.1. The topological polar surface area (TPSA) is 94.2 Å². The number of fused-ring (bicyclic) bond motifs is 3. The minimum Gasteiger partial charge on any atom is -0.467 e. The third-order valence-corrected chi connectivity index (χ3v) is 6.59. The van der Waals surface area contributed by atoms with Crippen LogP contribution in [0.3, 0.4) is 0 Å². The summed E-state index contributed by atoms with van der Waals surface area (Å²) in [6.07, 6.45) is -0.965. The maximum Gasteiger partial charge on any atom is 0.412 e. The summed E-state index contributed by atoms with van der Waals surface area (Å²) in [5.41, 5.74) is 5.21. The van der Waals surface area contributed by atoms with E-state index in [0.717, 1.165) is 27.8 Å². The first-order chi connectivity index (χ1) is 18.6. The Bertz CT molecular complexity index is 1300. The van der Waals surface area contributed by atoms with Crippen molar-refractivity contribution in [1.82, 2.24) is 4.90 Å². The summed E-state index contributed by atoms with van der Waals surface area (Å²) in [6, 6.07) is 22.3. The van der Waals surface area contributed by atoms with Crippen LogP contribution in [0.2, 0.25) is 0 Å². The zero-order chi connectivity index (χ0) is 28.2. The second kappa shape index (κ2) is 11.6. The molecule has 0 spiro atoms. The fourth-order valence-electron chi connectivity index (χ4n) is 4.71. The van der Waals surface area contributed by atoms with Crippen LogP contribution in [-0.2, 0) is 25.4 Å². The smallest absolute Gasteiger partial charge is 0.412 e. The summed E-state index contributed by atoms with van der Waals surface area (Å²) in [5, 5.41) is 2.67. The zero-order valence-electron chi connectivity index (χ0n) is 22.9. The van der Waals surface area contributed by atoms with Gasteiger partial charge in [0, 0.05) is 25.1 Å². The van der Waals surface area contributed by atoms with Gasteiger partial charge in [0.05, 0.1) is 7.11 Å². The van der Waals surface area contributed by atoms with Crippen LogP contribution in [0, 0.1) is 0 Å². The molecule has 0 bridgehead atoms. The summed E-state index contributed by atoms with van der Waals surface area (Å²) in [7, 11) is 2.81. The lowest BCUT2D eigenvalue weighted by Crippen LogP contribution is -2.45. The molecule has 39 heavy (non-hydrogen) atoms. The van der Waals surface area contributed by atoms with Crippen LogP contribution in [0.1, 0.15) is 43.4 Å². The van der Waals surface area contributed by atoms with Gasteiger partial charge in [-0.2, -0.15) is 0 Å². The summed E-state index contributed by atoms with van der Waals surface area (Å²) >= 11 is 0. The number of nitrogens with zero attached hydrogens (tertiary/aromatic N) is 1. The van der Waals surface area contributed by atoms with Gasteiger partial charge in [-0.3, -0.25) is 10.2 Å². The van der Waals surface area contributed by atoms with Crippen LogP contribution in [0.25, 0.3) is 11.1 Å². The minimum atomic E-state index is -0.893. The number of nitrogens with one attached hydrogen (secondary N) is 1. The highest BCUT2D eigenvalue weighted by molar-refractivity contribution is 5.85. The molecule has 0 radical (unpaired) electrons. The first-order valence-electron chi connectivity index (χ1n) is 12.8. The average molecular weight is 531 g/mol. The lowest BCUT2D eigenvalue weighted by atomic mass is 9.98. The molecule has 0 heterocycles. The van der Waals surface area contributed by atoms with Crippen molar-refractivity contribution in [2.24, 2.45) is 0 Å². The van der Waals surface area contributed by atoms with Crippen LogP contribution in [-0.4, -0.2) is 55.5 Å². The van der Waals surface area contributed by atoms with Crippen molar-refractivity contribution in [2.75, 3.05) is 26.1 Å². The molecule has 4 rings (SSSR count). The zero-order valence-corrected chi connectivity index (χ0v) is 22.9. The van der Waals surface area contributed by atoms with Gasteiger partial charge in [-0.15, -0.1) is 0 Å². The van der Waals surface area contributed by atoms with Gasteiger partial charge >= 0.3 is 18.2 Å². The highest BCUT2D eigenvalue weighted by Gasteiger charge is 2.32. The second-order valence-electron chi connectivity index (χ2n) is 10.5. The minimum absolute atomic E-state index is 0.0867. The van der Waals surface area contributed by atoms with Crippen molar-refractivity contribution in [2.45, 2.75) is 44.8 Å². The molecule has 1 unspecified atom stereocenters. The Labute approximate surface area is 228 Å². The number of ether oxygens (including phenoxy) is 3. The highest BCUT2D eigenvalue weighted by Crippen LogP contribution is 2.44. The van der Waals surface area contributed by atoms with E-state index in [2.05, 4.69) is 29.6 Å². The number of carbonyl (C=O) groups is 3. The number of methoxy groups -OCH3 is 1. The molecule has 8 nitrogen and oxygen atoms in total. The summed E-state index contributed by atoms with van der Waals surface area (Å²) in [4.78, 5) is 39.0. The van der Waals surface area contributed by atoms with Gasteiger partial charge in [-0.1, -0.05) is 60.7 Å². The Morgan fingerprint density at radius 3 is 2.00 bits per heavy atom. The van der Waals surface area contributed by atoms with Gasteiger partial charge in [-0.25, -0.2) is 14.4 Å². The molecular weight excluding hydrogens is 496 g/mol. The molecule has 0 saturated carbocycles. The third-order valence-electron chi connectivity index (χ3n) is 6.59. The standard InChI is InChI=1S/C31H34N2O6/c1-31(2,3)39-29(35)32-21-16-14-20(15-17-21)18-27(28(34)37-5)33(4)30(36)38-19-26-24-12-8-6-10-22(24)23-11-7-9-13-25(23)26/h6-17,26-27H,18-19H2,1-5H3,(H,32,35). The molecule has 3 aromatic rings. The molecule has 0 fully saturated rings. The number of hydrogen-bond acceptors (Lipinski definition) is 6. The Morgan fingerprint density at radius 1 is 0.897 bits per heavy atom. The number of rotatable bonds is 7. The van der Waals surface area contributed by atoms with Crippen molar-refractivity contribution < 1.29 is 28.6 Å². The number of likely N-dealkylation sites (N-methyl/N-ethyl adjacent to an activating group) is 1. The van der Waals surface area contributed by atoms with E-state index in [1.165, 1.54) is 19.1 Å². The van der Waals surface area contributed by atoms with Crippen LogP contribution < -0.4 is 5.32 Å². The van der Waals surface area contributed by atoms with E-state index >= 15 is 0 Å². The van der Waals surface area contributed by atoms with Crippen molar-refractivity contribution in [3.63, 3.8) is 0 Å². The molecule has 204 valence electrons. The molecule has 2 amide bonds. The first-order valence-corrected chi connectivity index (χ1v) is 12.8. The Hall–Kier alpha value is -4.33. The fourth-order valence-corrected chi connectivity index (χ4v) is 4.71. The largest absolute Gasteiger partial charge is 0.467 e. The van der Waals surface area contributed by atoms with Gasteiger partial charge in [0.25, 0.3) is 0 Å². The predicted molar refractivity (Wildman–Crippen MR) is 149 cm³/mol. The fraction of sp³-hybridized carbons (Fsp3) is 0.323. The lowest BCUT2D eigenvalue weighted by Gasteiger charge is -2.26. The van der Waals surface area contributed by atoms with Gasteiger partial charge in [0.15, 0.2) is 0 Å². The lowest BCUT2D eigenvalue weighted by molar-refractivity contribution is -0.145. The number of amides is 2. The summed E-state index contributed by atoms with van der Waals surface area (Å²) < 4.78 is 16.0. The van der Waals surface area contributed by atoms with E-state index in [1.807, 2.05) is 24.3 Å². The SMILES string of the molecule is COC(=O)C(Cc1ccc(NC(=O)OC(C)(C)C)cc1)N(C)C(=O)OCC1c2ccccc2-c2ccccc21. The third kappa shape index (κ3) is 6.57. The number of hydrogen-bond donors (Lipinski definition) is 1. The summed E-state index contributed by atoms with van der Waals surface area (Å²) in [6.45, 7) is 5.51. The number of esters is 1. The number of carbonyl (C=O) groups excluding carboxylic acids is 3. The Kier molecular flexibility index (Phi) is 8.24. The van der Waals surface area contributed by atoms with Crippen LogP contribution in [0.15, 0.2) is 72.8 Å². The van der Waals surface area contributed by atoms with E-state index in [-0.39, 0.29) is 18.9 Å². The van der Waals surface area contributed by atoms with Crippen LogP contribution in [0.4, 0.5) is 15.3 Å². The van der Waals surface area contributed by atoms with Crippen molar-refractivity contribution in [1.29, 1.82) is 0 Å². The van der Waals surface area contributed by atoms with Crippen LogP contribution >= 0.6 is 0 Å². The van der Waals surface area contributed by atoms with E-state index in [0.29, 0.717) is 5.69 Å². The van der Waals surface area contributed by atoms with Gasteiger partial charge in [0.2, 0.25) is 0 Å². The molecule has 1 aliphatic rings. The van der Waals surface area contributed by atoms with E-state index in [1.54, 1.807) is 45.0 Å². The second-order valence-corrected chi connectivity index (χ2v) is 10.5. The van der Waals surface area contributed by atoms with Gasteiger partial charge < -0.3 is 14.2 Å². The first kappa shape index (κ1) is 27.7. The Balaban J connectivity index is 1.41. The number of benzene rings is 3. The molecule has 8 heteroatoms. The molecule has 1 atom stereocenters. The molecule has 1 N–H and O–H groups in total. The quantitative estimate of drug-likeness (QED) is 0.298. The van der Waals surface area contributed by atoms with Gasteiger partial charge in [-0.05, 0) is 60.7 Å². The van der Waals surface area contributed by atoms with Crippen molar-refractivity contribution >= 4 is 23.8 Å². The molecule has 3 aromatic carbocycles. The predicted octanol–water partition coefficient (Wildman–Crippen LogP) is 6.00. The van der Waals surface area contributed by atoms with Crippen LogP contribution in [0.5, 0.6) is 0 Å². The highest BCUT2D eigenvalue weighted by atomic mass is 16.6. The van der Waals surface area contributed by atoms with Crippen molar-refractivity contribution in [3.8, 4) is 11.1 Å². The number of anilines is 1. The van der Waals surface area contributed by atoms with E-state index in [4.69, 9.17) is 14.2 Å². The maximum absolute atomic E-state index is 13.1. The summed E-state index contributed by atoms with van der Waals surface area (Å²) in [5.74, 6) is -0.640. The average Bonchev–Trinajstić information content (AvgIpc) is 3.23. The molecule has 0 aromatic heterocycles. The van der Waals surface area contributed by atoms with Gasteiger partial charge in [0.1, 0.15) is 18.2 Å².